The van der Waals surface area contributed by atoms with Crippen LogP contribution >= 0.6 is 0 Å². The van der Waals surface area contributed by atoms with Crippen molar-refractivity contribution in [3.63, 3.8) is 0 Å². The fraction of sp³-hybridized carbons (Fsp3) is 0.880. The van der Waals surface area contributed by atoms with Gasteiger partial charge in [0.05, 0.1) is 40.4 Å². The third kappa shape index (κ3) is 21.7. The van der Waals surface area contributed by atoms with Gasteiger partial charge in [0.15, 0.2) is 0 Å². The summed E-state index contributed by atoms with van der Waals surface area (Å²) < 4.78 is 11.8. The minimum atomic E-state index is -0.0308. The largest absolute Gasteiger partial charge is 0.465 e. The fourth-order valence-corrected chi connectivity index (χ4v) is 3.36. The molecule has 0 N–H and O–H groups in total. The molecule has 0 aromatic rings. The van der Waals surface area contributed by atoms with Crippen molar-refractivity contribution in [1.29, 1.82) is 0 Å². The Morgan fingerprint density at radius 2 is 1.59 bits per heavy atom. The topological polar surface area (TPSA) is 35.5 Å². The van der Waals surface area contributed by atoms with Gasteiger partial charge < -0.3 is 14.0 Å². The highest BCUT2D eigenvalue weighted by molar-refractivity contribution is 5.69. The Labute approximate surface area is 181 Å². The maximum absolute atomic E-state index is 11.7. The molecule has 0 aliphatic carbocycles. The molecule has 29 heavy (non-hydrogen) atoms. The van der Waals surface area contributed by atoms with Crippen molar-refractivity contribution in [1.82, 2.24) is 0 Å². The lowest BCUT2D eigenvalue weighted by atomic mass is 10.1. The number of esters is 1. The van der Waals surface area contributed by atoms with Crippen molar-refractivity contribution in [3.05, 3.63) is 12.2 Å². The molecule has 0 aliphatic heterocycles. The van der Waals surface area contributed by atoms with E-state index in [1.165, 1.54) is 51.4 Å². The van der Waals surface area contributed by atoms with Gasteiger partial charge in [-0.25, -0.2) is 0 Å². The third-order valence-electron chi connectivity index (χ3n) is 5.27. The Hall–Kier alpha value is -0.870. The molecular weight excluding hydrogens is 362 g/mol. The van der Waals surface area contributed by atoms with Crippen molar-refractivity contribution in [2.45, 2.75) is 103 Å². The predicted octanol–water partition coefficient (Wildman–Crippen LogP) is 6.29. The Morgan fingerprint density at radius 3 is 2.28 bits per heavy atom. The van der Waals surface area contributed by atoms with Crippen LogP contribution in [-0.2, 0) is 14.3 Å². The van der Waals surface area contributed by atoms with Gasteiger partial charge in [-0.3, -0.25) is 4.79 Å². The molecule has 0 aromatic carbocycles. The summed E-state index contributed by atoms with van der Waals surface area (Å²) in [7, 11) is 8.30. The number of unbranched alkanes of at least 4 members (excludes halogenated alkanes) is 8. The van der Waals surface area contributed by atoms with Crippen molar-refractivity contribution in [2.75, 3.05) is 41.4 Å². The van der Waals surface area contributed by atoms with E-state index >= 15 is 0 Å². The third-order valence-corrected chi connectivity index (χ3v) is 5.27. The average molecular weight is 413 g/mol. The molecule has 1 atom stereocenters. The van der Waals surface area contributed by atoms with E-state index in [0.29, 0.717) is 19.1 Å². The summed E-state index contributed by atoms with van der Waals surface area (Å²) in [4.78, 5) is 11.7. The highest BCUT2D eigenvalue weighted by Crippen LogP contribution is 2.12. The SMILES string of the molecule is CCCCCCC(C/C=C/CCCCCCCC(=O)OCCC[N+](C)(C)C)OC. The van der Waals surface area contributed by atoms with Crippen LogP contribution in [0.3, 0.4) is 0 Å². The van der Waals surface area contributed by atoms with Gasteiger partial charge in [0.2, 0.25) is 0 Å². The minimum absolute atomic E-state index is 0.0308. The summed E-state index contributed by atoms with van der Waals surface area (Å²) in [5.41, 5.74) is 0. The number of hydrogen-bond donors (Lipinski definition) is 0. The van der Waals surface area contributed by atoms with Crippen LogP contribution in [0.4, 0.5) is 0 Å². The summed E-state index contributed by atoms with van der Waals surface area (Å²) in [5.74, 6) is -0.0308. The Morgan fingerprint density at radius 1 is 0.897 bits per heavy atom. The lowest BCUT2D eigenvalue weighted by molar-refractivity contribution is -0.870. The smallest absolute Gasteiger partial charge is 0.305 e. The van der Waals surface area contributed by atoms with Gasteiger partial charge in [-0.05, 0) is 32.1 Å². The van der Waals surface area contributed by atoms with Crippen molar-refractivity contribution in [2.24, 2.45) is 0 Å². The number of carbonyl (C=O) groups is 1. The van der Waals surface area contributed by atoms with E-state index in [9.17, 15) is 4.79 Å². The molecule has 0 saturated heterocycles. The zero-order chi connectivity index (χ0) is 21.8. The van der Waals surface area contributed by atoms with E-state index < -0.39 is 0 Å². The number of ether oxygens (including phenoxy) is 2. The highest BCUT2D eigenvalue weighted by Gasteiger charge is 2.08. The molecule has 0 bridgehead atoms. The second-order valence-corrected chi connectivity index (χ2v) is 9.31. The molecule has 0 spiro atoms. The number of nitrogens with zero attached hydrogens (tertiary/aromatic N) is 1. The van der Waals surface area contributed by atoms with Crippen LogP contribution in [-0.4, -0.2) is 58.0 Å². The van der Waals surface area contributed by atoms with Gasteiger partial charge in [0, 0.05) is 20.0 Å². The second kappa shape index (κ2) is 19.1. The van der Waals surface area contributed by atoms with Gasteiger partial charge in [0.25, 0.3) is 0 Å². The van der Waals surface area contributed by atoms with Crippen LogP contribution in [0.1, 0.15) is 96.8 Å². The lowest BCUT2D eigenvalue weighted by Crippen LogP contribution is -2.35. The quantitative estimate of drug-likeness (QED) is 0.102. The average Bonchev–Trinajstić information content (AvgIpc) is 2.67. The molecular formula is C25H50NO3+. The first-order valence-corrected chi connectivity index (χ1v) is 12.0. The van der Waals surface area contributed by atoms with Crippen molar-refractivity contribution in [3.8, 4) is 0 Å². The Bertz CT molecular complexity index is 401. The molecule has 1 unspecified atom stereocenters. The number of quaternary nitrogens is 1. The molecule has 0 heterocycles. The van der Waals surface area contributed by atoms with Crippen LogP contribution < -0.4 is 0 Å². The summed E-state index contributed by atoms with van der Waals surface area (Å²) in [6.45, 7) is 3.84. The summed E-state index contributed by atoms with van der Waals surface area (Å²) in [6.07, 6.45) is 20.9. The minimum Gasteiger partial charge on any atom is -0.465 e. The van der Waals surface area contributed by atoms with E-state index in [4.69, 9.17) is 9.47 Å². The van der Waals surface area contributed by atoms with Gasteiger partial charge in [0.1, 0.15) is 0 Å². The molecule has 0 radical (unpaired) electrons. The summed E-state index contributed by atoms with van der Waals surface area (Å²) in [5, 5.41) is 0. The monoisotopic (exact) mass is 412 g/mol. The van der Waals surface area contributed by atoms with Gasteiger partial charge >= 0.3 is 5.97 Å². The van der Waals surface area contributed by atoms with E-state index in [1.54, 1.807) is 0 Å². The zero-order valence-corrected chi connectivity index (χ0v) is 20.2. The van der Waals surface area contributed by atoms with Crippen molar-refractivity contribution < 1.29 is 18.8 Å². The maximum atomic E-state index is 11.7. The predicted molar refractivity (Wildman–Crippen MR) is 124 cm³/mol. The molecule has 0 fully saturated rings. The van der Waals surface area contributed by atoms with E-state index in [2.05, 4.69) is 40.2 Å². The molecule has 4 nitrogen and oxygen atoms in total. The van der Waals surface area contributed by atoms with Crippen LogP contribution in [0.2, 0.25) is 0 Å². The number of rotatable bonds is 20. The van der Waals surface area contributed by atoms with E-state index in [-0.39, 0.29) is 5.97 Å². The van der Waals surface area contributed by atoms with E-state index in [1.807, 2.05) is 7.11 Å². The molecule has 0 rings (SSSR count). The highest BCUT2D eigenvalue weighted by atomic mass is 16.5. The Kier molecular flexibility index (Phi) is 18.5. The van der Waals surface area contributed by atoms with Crippen LogP contribution in [0.25, 0.3) is 0 Å². The molecule has 172 valence electrons. The molecule has 0 amide bonds. The van der Waals surface area contributed by atoms with Gasteiger partial charge in [-0.15, -0.1) is 0 Å². The second-order valence-electron chi connectivity index (χ2n) is 9.31. The van der Waals surface area contributed by atoms with Crippen LogP contribution in [0.5, 0.6) is 0 Å². The van der Waals surface area contributed by atoms with Gasteiger partial charge in [-0.2, -0.15) is 0 Å². The zero-order valence-electron chi connectivity index (χ0n) is 20.2. The molecule has 0 saturated carbocycles. The molecule has 0 aromatic heterocycles. The lowest BCUT2D eigenvalue weighted by Gasteiger charge is -2.23. The standard InChI is InChI=1S/C25H50NO3/c1-6-7-8-15-19-24(28-5)20-16-13-11-9-10-12-14-17-21-25(27)29-23-18-22-26(2,3)4/h13,16,24H,6-12,14-15,17-23H2,1-5H3/q+1/b16-13+. The maximum Gasteiger partial charge on any atom is 0.305 e. The first kappa shape index (κ1) is 28.1. The fourth-order valence-electron chi connectivity index (χ4n) is 3.36. The first-order valence-electron chi connectivity index (χ1n) is 12.0. The summed E-state index contributed by atoms with van der Waals surface area (Å²) >= 11 is 0. The first-order chi connectivity index (χ1) is 13.9. The van der Waals surface area contributed by atoms with Crippen LogP contribution in [0, 0.1) is 0 Å². The number of allylic oxidation sites excluding steroid dienone is 1. The Balaban J connectivity index is 3.47. The van der Waals surface area contributed by atoms with E-state index in [0.717, 1.165) is 43.1 Å². The molecule has 4 heteroatoms. The number of methoxy groups -OCH3 is 1. The van der Waals surface area contributed by atoms with Crippen LogP contribution in [0.15, 0.2) is 12.2 Å². The molecule has 0 aliphatic rings. The van der Waals surface area contributed by atoms with Gasteiger partial charge in [-0.1, -0.05) is 64.0 Å². The van der Waals surface area contributed by atoms with Crippen molar-refractivity contribution >= 4 is 5.97 Å². The number of carbonyl (C=O) groups excluding carboxylic acids is 1. The summed E-state index contributed by atoms with van der Waals surface area (Å²) in [6, 6.07) is 0. The number of hydrogen-bond acceptors (Lipinski definition) is 3. The normalized spacial score (nSPS) is 13.1.